The molecule has 0 aliphatic carbocycles. The first kappa shape index (κ1) is 12.6. The zero-order valence-electron chi connectivity index (χ0n) is 10.5. The molecule has 17 heavy (non-hydrogen) atoms. The molecule has 1 heteroatoms. The molecule has 0 amide bonds. The SMILES string of the molecule is CC(C)CC(Br)Cc1cccc2ccccc12. The molecule has 0 aliphatic rings. The highest BCUT2D eigenvalue weighted by atomic mass is 79.9. The maximum atomic E-state index is 3.80. The van der Waals surface area contributed by atoms with Gasteiger partial charge in [0.05, 0.1) is 0 Å². The summed E-state index contributed by atoms with van der Waals surface area (Å²) >= 11 is 3.80. The fourth-order valence-electron chi connectivity index (χ4n) is 2.30. The van der Waals surface area contributed by atoms with Crippen LogP contribution in [0.25, 0.3) is 10.8 Å². The van der Waals surface area contributed by atoms with E-state index in [0.29, 0.717) is 4.83 Å². The van der Waals surface area contributed by atoms with Gasteiger partial charge in [-0.05, 0) is 35.1 Å². The summed E-state index contributed by atoms with van der Waals surface area (Å²) in [6.45, 7) is 4.55. The van der Waals surface area contributed by atoms with Gasteiger partial charge in [-0.25, -0.2) is 0 Å². The average Bonchev–Trinajstić information content (AvgIpc) is 2.28. The molecule has 0 N–H and O–H groups in total. The van der Waals surface area contributed by atoms with Gasteiger partial charge >= 0.3 is 0 Å². The third-order valence-electron chi connectivity index (χ3n) is 3.05. The Morgan fingerprint density at radius 1 is 1.00 bits per heavy atom. The molecule has 0 saturated heterocycles. The van der Waals surface area contributed by atoms with Gasteiger partial charge in [0.25, 0.3) is 0 Å². The second-order valence-corrected chi connectivity index (χ2v) is 6.36. The third kappa shape index (κ3) is 3.32. The zero-order valence-corrected chi connectivity index (χ0v) is 12.1. The third-order valence-corrected chi connectivity index (χ3v) is 3.75. The molecule has 1 unspecified atom stereocenters. The molecule has 0 aromatic heterocycles. The Labute approximate surface area is 112 Å². The first-order chi connectivity index (χ1) is 8.16. The van der Waals surface area contributed by atoms with Crippen molar-refractivity contribution in [3.63, 3.8) is 0 Å². The van der Waals surface area contributed by atoms with E-state index in [9.17, 15) is 0 Å². The number of hydrogen-bond acceptors (Lipinski definition) is 0. The van der Waals surface area contributed by atoms with E-state index in [1.807, 2.05) is 0 Å². The predicted octanol–water partition coefficient (Wildman–Crippen LogP) is 5.19. The summed E-state index contributed by atoms with van der Waals surface area (Å²) in [4.78, 5) is 0.577. The minimum Gasteiger partial charge on any atom is -0.0887 e. The van der Waals surface area contributed by atoms with Gasteiger partial charge in [0.1, 0.15) is 0 Å². The largest absolute Gasteiger partial charge is 0.0887 e. The van der Waals surface area contributed by atoms with E-state index in [2.05, 4.69) is 72.2 Å². The first-order valence-electron chi connectivity index (χ1n) is 6.27. The molecule has 0 radical (unpaired) electrons. The summed E-state index contributed by atoms with van der Waals surface area (Å²) in [6.07, 6.45) is 2.34. The van der Waals surface area contributed by atoms with Crippen LogP contribution in [0.5, 0.6) is 0 Å². The quantitative estimate of drug-likeness (QED) is 0.680. The van der Waals surface area contributed by atoms with Gasteiger partial charge in [-0.15, -0.1) is 0 Å². The van der Waals surface area contributed by atoms with Crippen LogP contribution in [0.2, 0.25) is 0 Å². The zero-order chi connectivity index (χ0) is 12.3. The van der Waals surface area contributed by atoms with E-state index in [-0.39, 0.29) is 0 Å². The van der Waals surface area contributed by atoms with Gasteiger partial charge in [-0.1, -0.05) is 72.2 Å². The molecular formula is C16H19Br. The number of halogens is 1. The lowest BCUT2D eigenvalue weighted by molar-refractivity contribution is 0.571. The lowest BCUT2D eigenvalue weighted by atomic mass is 9.98. The smallest absolute Gasteiger partial charge is 0.0188 e. The Kier molecular flexibility index (Phi) is 4.22. The molecular weight excluding hydrogens is 272 g/mol. The first-order valence-corrected chi connectivity index (χ1v) is 7.19. The van der Waals surface area contributed by atoms with Crippen molar-refractivity contribution >= 4 is 26.7 Å². The fraction of sp³-hybridized carbons (Fsp3) is 0.375. The molecule has 0 aliphatic heterocycles. The monoisotopic (exact) mass is 290 g/mol. The van der Waals surface area contributed by atoms with Crippen molar-refractivity contribution in [1.82, 2.24) is 0 Å². The van der Waals surface area contributed by atoms with Crippen LogP contribution in [0, 0.1) is 5.92 Å². The van der Waals surface area contributed by atoms with Crippen LogP contribution in [0.4, 0.5) is 0 Å². The molecule has 90 valence electrons. The number of benzene rings is 2. The molecule has 0 bridgehead atoms. The van der Waals surface area contributed by atoms with Crippen molar-refractivity contribution in [2.75, 3.05) is 0 Å². The van der Waals surface area contributed by atoms with Gasteiger partial charge in [0, 0.05) is 4.83 Å². The Morgan fingerprint density at radius 2 is 1.71 bits per heavy atom. The van der Waals surface area contributed by atoms with E-state index >= 15 is 0 Å². The molecule has 2 aromatic rings. The van der Waals surface area contributed by atoms with Crippen molar-refractivity contribution in [3.8, 4) is 0 Å². The molecule has 0 spiro atoms. The Bertz CT molecular complexity index is 482. The summed E-state index contributed by atoms with van der Waals surface area (Å²) < 4.78 is 0. The van der Waals surface area contributed by atoms with Gasteiger partial charge in [0.2, 0.25) is 0 Å². The van der Waals surface area contributed by atoms with Crippen molar-refractivity contribution in [2.24, 2.45) is 5.92 Å². The van der Waals surface area contributed by atoms with Crippen LogP contribution in [0.1, 0.15) is 25.8 Å². The summed E-state index contributed by atoms with van der Waals surface area (Å²) in [5, 5.41) is 2.73. The minimum atomic E-state index is 0.577. The van der Waals surface area contributed by atoms with Crippen LogP contribution >= 0.6 is 15.9 Å². The van der Waals surface area contributed by atoms with E-state index in [4.69, 9.17) is 0 Å². The Morgan fingerprint density at radius 3 is 2.47 bits per heavy atom. The number of alkyl halides is 1. The van der Waals surface area contributed by atoms with Crippen molar-refractivity contribution < 1.29 is 0 Å². The van der Waals surface area contributed by atoms with E-state index < -0.39 is 0 Å². The van der Waals surface area contributed by atoms with Gasteiger partial charge < -0.3 is 0 Å². The maximum Gasteiger partial charge on any atom is 0.0188 e. The summed E-state index contributed by atoms with van der Waals surface area (Å²) in [5.74, 6) is 0.745. The highest BCUT2D eigenvalue weighted by molar-refractivity contribution is 9.09. The van der Waals surface area contributed by atoms with Crippen LogP contribution in [-0.2, 0) is 6.42 Å². The average molecular weight is 291 g/mol. The molecule has 0 nitrogen and oxygen atoms in total. The van der Waals surface area contributed by atoms with Crippen molar-refractivity contribution in [3.05, 3.63) is 48.0 Å². The number of rotatable bonds is 4. The lowest BCUT2D eigenvalue weighted by Crippen LogP contribution is -2.06. The second-order valence-electron chi connectivity index (χ2n) is 5.07. The van der Waals surface area contributed by atoms with Gasteiger partial charge in [0.15, 0.2) is 0 Å². The van der Waals surface area contributed by atoms with Gasteiger partial charge in [-0.2, -0.15) is 0 Å². The van der Waals surface area contributed by atoms with Crippen LogP contribution in [0.3, 0.4) is 0 Å². The minimum absolute atomic E-state index is 0.577. The highest BCUT2D eigenvalue weighted by Gasteiger charge is 2.09. The molecule has 2 aromatic carbocycles. The van der Waals surface area contributed by atoms with Gasteiger partial charge in [-0.3, -0.25) is 0 Å². The topological polar surface area (TPSA) is 0 Å². The molecule has 0 fully saturated rings. The van der Waals surface area contributed by atoms with Crippen LogP contribution < -0.4 is 0 Å². The van der Waals surface area contributed by atoms with Crippen molar-refractivity contribution in [2.45, 2.75) is 31.5 Å². The number of fused-ring (bicyclic) bond motifs is 1. The highest BCUT2D eigenvalue weighted by Crippen LogP contribution is 2.24. The van der Waals surface area contributed by atoms with E-state index in [1.54, 1.807) is 0 Å². The summed E-state index contributed by atoms with van der Waals surface area (Å²) in [6, 6.07) is 15.2. The fourth-order valence-corrected chi connectivity index (χ4v) is 3.40. The summed E-state index contributed by atoms with van der Waals surface area (Å²) in [7, 11) is 0. The van der Waals surface area contributed by atoms with Crippen LogP contribution in [-0.4, -0.2) is 4.83 Å². The molecule has 2 rings (SSSR count). The maximum absolute atomic E-state index is 3.80. The second kappa shape index (κ2) is 5.68. The lowest BCUT2D eigenvalue weighted by Gasteiger charge is -2.14. The Balaban J connectivity index is 2.24. The van der Waals surface area contributed by atoms with Crippen molar-refractivity contribution in [1.29, 1.82) is 0 Å². The molecule has 0 saturated carbocycles. The standard InChI is InChI=1S/C16H19Br/c1-12(2)10-15(17)11-14-8-5-7-13-6-3-4-9-16(13)14/h3-9,12,15H,10-11H2,1-2H3. The number of hydrogen-bond donors (Lipinski definition) is 0. The normalized spacial score (nSPS) is 13.2. The van der Waals surface area contributed by atoms with Crippen LogP contribution in [0.15, 0.2) is 42.5 Å². The van der Waals surface area contributed by atoms with E-state index in [1.165, 1.54) is 22.8 Å². The predicted molar refractivity (Wildman–Crippen MR) is 79.8 cm³/mol. The Hall–Kier alpha value is -0.820. The van der Waals surface area contributed by atoms with E-state index in [0.717, 1.165) is 12.3 Å². The molecule has 0 heterocycles. The summed E-state index contributed by atoms with van der Waals surface area (Å²) in [5.41, 5.74) is 1.45. The molecule has 1 atom stereocenters.